The molecule has 2 atom stereocenters. The number of carbonyl (C=O) groups excluding carboxylic acids is 2. The first-order valence-electron chi connectivity index (χ1n) is 10.5. The highest BCUT2D eigenvalue weighted by atomic mass is 16.6. The molecule has 0 aliphatic heterocycles. The maximum atomic E-state index is 13.3. The molecule has 2 aliphatic carbocycles. The first kappa shape index (κ1) is 23.7. The molecule has 0 fully saturated rings. The number of allylic oxidation sites excluding steroid dienone is 2. The summed E-state index contributed by atoms with van der Waals surface area (Å²) < 4.78 is 11.0. The van der Waals surface area contributed by atoms with Crippen LogP contribution in [-0.4, -0.2) is 24.6 Å². The first-order valence-corrected chi connectivity index (χ1v) is 10.5. The van der Waals surface area contributed by atoms with Crippen molar-refractivity contribution in [2.24, 2.45) is 27.6 Å². The third-order valence-electron chi connectivity index (χ3n) is 6.04. The van der Waals surface area contributed by atoms with E-state index >= 15 is 0 Å². The minimum atomic E-state index is -0.598. The minimum absolute atomic E-state index is 0.175. The summed E-state index contributed by atoms with van der Waals surface area (Å²) in [6.45, 7) is 25.1. The van der Waals surface area contributed by atoms with E-state index in [9.17, 15) is 9.59 Å². The number of esters is 2. The van der Waals surface area contributed by atoms with Crippen molar-refractivity contribution in [2.75, 3.05) is 7.11 Å². The normalized spacial score (nSPS) is 25.2. The van der Waals surface area contributed by atoms with Crippen LogP contribution in [0, 0.1) is 27.6 Å². The SMILES string of the molecule is COC(=O)C1=C(C(C)(C)C)[C@@]2(C(C)(C)C)C(C(C)(C)C)=C(C(=O)OC(C)(C)C)[C@@H]12. The second-order valence-electron chi connectivity index (χ2n) is 12.6. The first-order chi connectivity index (χ1) is 12.7. The van der Waals surface area contributed by atoms with E-state index in [2.05, 4.69) is 62.3 Å². The predicted octanol–water partition coefficient (Wildman–Crippen LogP) is 5.86. The third kappa shape index (κ3) is 3.37. The highest BCUT2D eigenvalue weighted by Gasteiger charge is 2.75. The summed E-state index contributed by atoms with van der Waals surface area (Å²) >= 11 is 0. The molecule has 0 N–H and O–H groups in total. The van der Waals surface area contributed by atoms with Crippen LogP contribution in [0.5, 0.6) is 0 Å². The Bertz CT molecular complexity index is 798. The van der Waals surface area contributed by atoms with E-state index in [1.165, 1.54) is 7.11 Å². The Balaban J connectivity index is 2.88. The molecule has 29 heavy (non-hydrogen) atoms. The van der Waals surface area contributed by atoms with Gasteiger partial charge in [0.1, 0.15) is 5.60 Å². The number of hydrogen-bond acceptors (Lipinski definition) is 4. The van der Waals surface area contributed by atoms with Crippen LogP contribution in [-0.2, 0) is 19.1 Å². The summed E-state index contributed by atoms with van der Waals surface area (Å²) in [6, 6.07) is 0. The van der Waals surface area contributed by atoms with E-state index in [4.69, 9.17) is 9.47 Å². The zero-order valence-corrected chi connectivity index (χ0v) is 20.7. The van der Waals surface area contributed by atoms with Gasteiger partial charge in [0.25, 0.3) is 0 Å². The molecule has 164 valence electrons. The average Bonchev–Trinajstić information content (AvgIpc) is 2.40. The summed E-state index contributed by atoms with van der Waals surface area (Å²) in [5, 5.41) is 0. The topological polar surface area (TPSA) is 52.6 Å². The van der Waals surface area contributed by atoms with Gasteiger partial charge < -0.3 is 9.47 Å². The maximum absolute atomic E-state index is 13.3. The van der Waals surface area contributed by atoms with Gasteiger partial charge in [-0.05, 0) is 48.2 Å². The largest absolute Gasteiger partial charge is 0.466 e. The Kier molecular flexibility index (Phi) is 5.28. The number of rotatable bonds is 2. The van der Waals surface area contributed by atoms with Gasteiger partial charge in [0.2, 0.25) is 0 Å². The lowest BCUT2D eigenvalue weighted by Gasteiger charge is -2.71. The van der Waals surface area contributed by atoms with E-state index in [0.29, 0.717) is 11.1 Å². The summed E-state index contributed by atoms with van der Waals surface area (Å²) in [6.07, 6.45) is 0. The fraction of sp³-hybridized carbons (Fsp3) is 0.760. The zero-order chi connectivity index (χ0) is 23.0. The van der Waals surface area contributed by atoms with Crippen molar-refractivity contribution in [3.05, 3.63) is 22.3 Å². The van der Waals surface area contributed by atoms with Crippen molar-refractivity contribution in [2.45, 2.75) is 88.7 Å². The molecule has 0 saturated carbocycles. The van der Waals surface area contributed by atoms with Crippen molar-refractivity contribution in [1.82, 2.24) is 0 Å². The molecule has 0 radical (unpaired) electrons. The van der Waals surface area contributed by atoms with E-state index in [1.54, 1.807) is 0 Å². The quantitative estimate of drug-likeness (QED) is 0.541. The van der Waals surface area contributed by atoms with Crippen LogP contribution < -0.4 is 0 Å². The number of fused-ring (bicyclic) bond motifs is 1. The smallest absolute Gasteiger partial charge is 0.335 e. The summed E-state index contributed by atoms with van der Waals surface area (Å²) in [5.74, 6) is -0.941. The lowest BCUT2D eigenvalue weighted by Crippen LogP contribution is -2.67. The van der Waals surface area contributed by atoms with Crippen LogP contribution in [0.2, 0.25) is 0 Å². The molecular formula is C25H40O4. The Morgan fingerprint density at radius 1 is 0.724 bits per heavy atom. The number of carbonyl (C=O) groups is 2. The molecule has 0 amide bonds. The lowest BCUT2D eigenvalue weighted by atomic mass is 9.30. The van der Waals surface area contributed by atoms with Gasteiger partial charge in [0, 0.05) is 22.5 Å². The lowest BCUT2D eigenvalue weighted by molar-refractivity contribution is -0.154. The minimum Gasteiger partial charge on any atom is -0.466 e. The van der Waals surface area contributed by atoms with Gasteiger partial charge >= 0.3 is 11.9 Å². The molecular weight excluding hydrogens is 364 g/mol. The third-order valence-corrected chi connectivity index (χ3v) is 6.04. The van der Waals surface area contributed by atoms with Gasteiger partial charge in [-0.2, -0.15) is 0 Å². The van der Waals surface area contributed by atoms with Crippen molar-refractivity contribution in [1.29, 1.82) is 0 Å². The molecule has 0 aromatic carbocycles. The van der Waals surface area contributed by atoms with Crippen LogP contribution in [0.25, 0.3) is 0 Å². The van der Waals surface area contributed by atoms with Crippen molar-refractivity contribution in [3.8, 4) is 0 Å². The molecule has 4 nitrogen and oxygen atoms in total. The Labute approximate surface area is 177 Å². The molecule has 0 aromatic rings. The van der Waals surface area contributed by atoms with Gasteiger partial charge in [-0.15, -0.1) is 0 Å². The molecule has 4 heteroatoms. The fourth-order valence-electron chi connectivity index (χ4n) is 5.61. The Morgan fingerprint density at radius 2 is 1.10 bits per heavy atom. The second-order valence-corrected chi connectivity index (χ2v) is 12.6. The van der Waals surface area contributed by atoms with Crippen molar-refractivity contribution >= 4 is 11.9 Å². The molecule has 0 spiro atoms. The van der Waals surface area contributed by atoms with Gasteiger partial charge in [-0.1, -0.05) is 62.3 Å². The monoisotopic (exact) mass is 404 g/mol. The van der Waals surface area contributed by atoms with Crippen molar-refractivity contribution in [3.63, 3.8) is 0 Å². The van der Waals surface area contributed by atoms with Crippen LogP contribution in [0.1, 0.15) is 83.1 Å². The van der Waals surface area contributed by atoms with Crippen LogP contribution >= 0.6 is 0 Å². The van der Waals surface area contributed by atoms with E-state index < -0.39 is 5.60 Å². The molecule has 0 heterocycles. The standard InChI is InChI=1S/C25H40O4/c1-21(2,3)17-14(19(26)28-13)16-15(20(27)29-24(10,11)12)18(22(4,5)6)25(16,17)23(7,8)9/h16H,1-13H3/t16-,25-/m1/s1. The molecule has 0 unspecified atom stereocenters. The number of hydrogen-bond donors (Lipinski definition) is 0. The summed E-state index contributed by atoms with van der Waals surface area (Å²) in [4.78, 5) is 26.2. The Hall–Kier alpha value is -1.58. The zero-order valence-electron chi connectivity index (χ0n) is 20.7. The highest BCUT2D eigenvalue weighted by Crippen LogP contribution is 2.79. The van der Waals surface area contributed by atoms with E-state index in [0.717, 1.165) is 11.1 Å². The van der Waals surface area contributed by atoms with E-state index in [-0.39, 0.29) is 39.5 Å². The van der Waals surface area contributed by atoms with Gasteiger partial charge in [-0.25, -0.2) is 9.59 Å². The van der Waals surface area contributed by atoms with Crippen LogP contribution in [0.3, 0.4) is 0 Å². The second kappa shape index (κ2) is 6.46. The molecule has 0 aromatic heterocycles. The molecule has 0 bridgehead atoms. The van der Waals surface area contributed by atoms with Gasteiger partial charge in [0.15, 0.2) is 0 Å². The van der Waals surface area contributed by atoms with Crippen molar-refractivity contribution < 1.29 is 19.1 Å². The molecule has 0 saturated heterocycles. The van der Waals surface area contributed by atoms with Crippen LogP contribution in [0.15, 0.2) is 22.3 Å². The maximum Gasteiger partial charge on any atom is 0.335 e. The van der Waals surface area contributed by atoms with Gasteiger partial charge in [0.05, 0.1) is 7.11 Å². The molecule has 2 aliphatic rings. The number of ether oxygens (including phenoxy) is 2. The van der Waals surface area contributed by atoms with Crippen LogP contribution in [0.4, 0.5) is 0 Å². The highest BCUT2D eigenvalue weighted by molar-refractivity contribution is 6.04. The predicted molar refractivity (Wildman–Crippen MR) is 116 cm³/mol. The molecule has 2 rings (SSSR count). The van der Waals surface area contributed by atoms with Gasteiger partial charge in [-0.3, -0.25) is 0 Å². The summed E-state index contributed by atoms with van der Waals surface area (Å²) in [5.41, 5.74) is 1.89. The Morgan fingerprint density at radius 3 is 1.38 bits per heavy atom. The number of methoxy groups -OCH3 is 1. The fourth-order valence-corrected chi connectivity index (χ4v) is 5.61. The van der Waals surface area contributed by atoms with E-state index in [1.807, 2.05) is 20.8 Å². The average molecular weight is 405 g/mol. The summed E-state index contributed by atoms with van der Waals surface area (Å²) in [7, 11) is 1.41.